The second kappa shape index (κ2) is 7.11. The van der Waals surface area contributed by atoms with E-state index in [1.165, 1.54) is 0 Å². The maximum absolute atomic E-state index is 12.3. The van der Waals surface area contributed by atoms with Gasteiger partial charge < -0.3 is 13.9 Å². The van der Waals surface area contributed by atoms with E-state index in [1.807, 2.05) is 32.0 Å². The van der Waals surface area contributed by atoms with Crippen molar-refractivity contribution in [2.24, 2.45) is 0 Å². The zero-order valence-electron chi connectivity index (χ0n) is 15.1. The fraction of sp³-hybridized carbons (Fsp3) is 0.250. The number of nitrogens with zero attached hydrogens (tertiary/aromatic N) is 2. The van der Waals surface area contributed by atoms with E-state index in [9.17, 15) is 4.79 Å². The van der Waals surface area contributed by atoms with Crippen LogP contribution in [0, 0.1) is 13.8 Å². The lowest BCUT2D eigenvalue weighted by Gasteiger charge is -2.18. The Labute approximate surface area is 156 Å². The molecule has 2 aromatic carbocycles. The highest BCUT2D eigenvalue weighted by Crippen LogP contribution is 2.34. The minimum absolute atomic E-state index is 0.0645. The van der Waals surface area contributed by atoms with E-state index in [0.717, 1.165) is 16.7 Å². The van der Waals surface area contributed by atoms with Crippen LogP contribution in [0.2, 0.25) is 0 Å². The molecule has 0 atom stereocenters. The van der Waals surface area contributed by atoms with Crippen molar-refractivity contribution >= 4 is 11.9 Å². The number of aryl methyl sites for hydroxylation is 2. The molecule has 7 nitrogen and oxygen atoms in total. The van der Waals surface area contributed by atoms with Crippen LogP contribution in [0.4, 0.5) is 6.01 Å². The number of benzene rings is 2. The van der Waals surface area contributed by atoms with Crippen molar-refractivity contribution in [2.75, 3.05) is 18.5 Å². The van der Waals surface area contributed by atoms with E-state index in [0.29, 0.717) is 36.2 Å². The molecule has 0 unspecified atom stereocenters. The maximum atomic E-state index is 12.3. The number of amides is 1. The Hall–Kier alpha value is -3.35. The maximum Gasteiger partial charge on any atom is 0.322 e. The van der Waals surface area contributed by atoms with Gasteiger partial charge in [-0.1, -0.05) is 28.9 Å². The van der Waals surface area contributed by atoms with Gasteiger partial charge in [0.2, 0.25) is 11.8 Å². The van der Waals surface area contributed by atoms with Gasteiger partial charge in [0.15, 0.2) is 11.5 Å². The lowest BCUT2D eigenvalue weighted by atomic mass is 10.0. The van der Waals surface area contributed by atoms with Crippen LogP contribution in [0.3, 0.4) is 0 Å². The molecule has 138 valence electrons. The first kappa shape index (κ1) is 17.1. The molecule has 0 bridgehead atoms. The fourth-order valence-electron chi connectivity index (χ4n) is 2.95. The summed E-state index contributed by atoms with van der Waals surface area (Å²) in [5, 5.41) is 10.5. The van der Waals surface area contributed by atoms with Gasteiger partial charge in [-0.05, 0) is 43.2 Å². The minimum atomic E-state index is -0.209. The molecule has 2 heterocycles. The molecular weight excluding hydrogens is 346 g/mol. The number of carbonyl (C=O) groups is 1. The van der Waals surface area contributed by atoms with E-state index in [1.54, 1.807) is 12.1 Å². The zero-order chi connectivity index (χ0) is 18.8. The molecule has 4 rings (SSSR count). The van der Waals surface area contributed by atoms with Crippen molar-refractivity contribution in [3.63, 3.8) is 0 Å². The number of fused-ring (bicyclic) bond motifs is 1. The molecule has 3 aromatic rings. The Morgan fingerprint density at radius 3 is 2.67 bits per heavy atom. The second-order valence-corrected chi connectivity index (χ2v) is 6.43. The number of ether oxygens (including phenoxy) is 2. The third-order valence-electron chi connectivity index (χ3n) is 4.31. The summed E-state index contributed by atoms with van der Waals surface area (Å²) in [4.78, 5) is 12.3. The normalized spacial score (nSPS) is 12.7. The first-order chi connectivity index (χ1) is 13.1. The summed E-state index contributed by atoms with van der Waals surface area (Å²) in [5.41, 5.74) is 3.90. The highest BCUT2D eigenvalue weighted by Gasteiger charge is 2.16. The van der Waals surface area contributed by atoms with Crippen LogP contribution in [0.15, 0.2) is 40.8 Å². The van der Waals surface area contributed by atoms with E-state index < -0.39 is 0 Å². The minimum Gasteiger partial charge on any atom is -0.486 e. The molecule has 1 aliphatic rings. The highest BCUT2D eigenvalue weighted by atomic mass is 16.6. The lowest BCUT2D eigenvalue weighted by Crippen LogP contribution is -2.15. The molecule has 0 saturated carbocycles. The lowest BCUT2D eigenvalue weighted by molar-refractivity contribution is -0.115. The molecule has 7 heteroatoms. The van der Waals surface area contributed by atoms with Gasteiger partial charge in [0, 0.05) is 5.56 Å². The molecule has 0 saturated heterocycles. The van der Waals surface area contributed by atoms with Crippen molar-refractivity contribution in [2.45, 2.75) is 20.3 Å². The molecule has 1 aliphatic heterocycles. The summed E-state index contributed by atoms with van der Waals surface area (Å²) in [5.74, 6) is 1.41. The van der Waals surface area contributed by atoms with E-state index in [4.69, 9.17) is 13.9 Å². The molecule has 0 spiro atoms. The molecule has 0 radical (unpaired) electrons. The summed E-state index contributed by atoms with van der Waals surface area (Å²) in [7, 11) is 0. The third-order valence-corrected chi connectivity index (χ3v) is 4.31. The fourth-order valence-corrected chi connectivity index (χ4v) is 2.95. The van der Waals surface area contributed by atoms with Gasteiger partial charge in [-0.25, -0.2) is 0 Å². The predicted molar refractivity (Wildman–Crippen MR) is 99.0 cm³/mol. The van der Waals surface area contributed by atoms with Crippen LogP contribution >= 0.6 is 0 Å². The van der Waals surface area contributed by atoms with E-state index in [-0.39, 0.29) is 18.3 Å². The number of rotatable bonds is 4. The molecule has 1 amide bonds. The van der Waals surface area contributed by atoms with Crippen LogP contribution in [-0.2, 0) is 11.2 Å². The number of aromatic nitrogens is 2. The standard InChI is InChI=1S/C20H19N3O4/c1-12-3-4-14(13(2)9-12)11-18(24)21-20-23-22-19(27-20)15-5-6-16-17(10-15)26-8-7-25-16/h3-6,9-10H,7-8,11H2,1-2H3,(H,21,23,24). The number of carbonyl (C=O) groups excluding carboxylic acids is 1. The van der Waals surface area contributed by atoms with Gasteiger partial charge >= 0.3 is 6.01 Å². The topological polar surface area (TPSA) is 86.5 Å². The van der Waals surface area contributed by atoms with Crippen molar-refractivity contribution in [3.8, 4) is 23.0 Å². The molecule has 1 N–H and O–H groups in total. The first-order valence-electron chi connectivity index (χ1n) is 8.68. The molecule has 27 heavy (non-hydrogen) atoms. The van der Waals surface area contributed by atoms with Gasteiger partial charge in [0.25, 0.3) is 0 Å². The molecule has 0 aliphatic carbocycles. The van der Waals surface area contributed by atoms with E-state index in [2.05, 4.69) is 21.6 Å². The quantitative estimate of drug-likeness (QED) is 0.763. The van der Waals surface area contributed by atoms with Crippen molar-refractivity contribution < 1.29 is 18.7 Å². The van der Waals surface area contributed by atoms with Crippen LogP contribution in [0.1, 0.15) is 16.7 Å². The Kier molecular flexibility index (Phi) is 4.50. The van der Waals surface area contributed by atoms with Gasteiger partial charge in [0.05, 0.1) is 6.42 Å². The monoisotopic (exact) mass is 365 g/mol. The Bertz CT molecular complexity index is 997. The van der Waals surface area contributed by atoms with Crippen molar-refractivity contribution in [3.05, 3.63) is 53.1 Å². The second-order valence-electron chi connectivity index (χ2n) is 6.43. The van der Waals surface area contributed by atoms with Crippen LogP contribution in [0.25, 0.3) is 11.5 Å². The van der Waals surface area contributed by atoms with E-state index >= 15 is 0 Å². The number of hydrogen-bond donors (Lipinski definition) is 1. The average molecular weight is 365 g/mol. The average Bonchev–Trinajstić information content (AvgIpc) is 3.12. The predicted octanol–water partition coefficient (Wildman–Crippen LogP) is 3.31. The molecule has 0 fully saturated rings. The Morgan fingerprint density at radius 2 is 1.85 bits per heavy atom. The summed E-state index contributed by atoms with van der Waals surface area (Å²) >= 11 is 0. The van der Waals surface area contributed by atoms with Crippen molar-refractivity contribution in [1.82, 2.24) is 10.2 Å². The Morgan fingerprint density at radius 1 is 1.04 bits per heavy atom. The number of hydrogen-bond acceptors (Lipinski definition) is 6. The summed E-state index contributed by atoms with van der Waals surface area (Å²) in [6.07, 6.45) is 0.244. The van der Waals surface area contributed by atoms with Gasteiger partial charge in [-0.15, -0.1) is 5.10 Å². The molecule has 1 aromatic heterocycles. The summed E-state index contributed by atoms with van der Waals surface area (Å²) in [6.45, 7) is 5.04. The van der Waals surface area contributed by atoms with Crippen LogP contribution in [-0.4, -0.2) is 29.3 Å². The third kappa shape index (κ3) is 3.76. The highest BCUT2D eigenvalue weighted by molar-refractivity contribution is 5.90. The number of nitrogens with one attached hydrogen (secondary N) is 1. The Balaban J connectivity index is 1.45. The summed E-state index contributed by atoms with van der Waals surface area (Å²) < 4.78 is 16.6. The largest absolute Gasteiger partial charge is 0.486 e. The smallest absolute Gasteiger partial charge is 0.322 e. The molecular formula is C20H19N3O4. The van der Waals surface area contributed by atoms with Crippen molar-refractivity contribution in [1.29, 1.82) is 0 Å². The number of anilines is 1. The summed E-state index contributed by atoms with van der Waals surface area (Å²) in [6, 6.07) is 11.4. The SMILES string of the molecule is Cc1ccc(CC(=O)Nc2nnc(-c3ccc4c(c3)OCCO4)o2)c(C)c1. The van der Waals surface area contributed by atoms with Gasteiger partial charge in [-0.3, -0.25) is 10.1 Å². The zero-order valence-corrected chi connectivity index (χ0v) is 15.1. The van der Waals surface area contributed by atoms with Crippen LogP contribution < -0.4 is 14.8 Å². The van der Waals surface area contributed by atoms with Crippen LogP contribution in [0.5, 0.6) is 11.5 Å². The van der Waals surface area contributed by atoms with Gasteiger partial charge in [0.1, 0.15) is 13.2 Å². The first-order valence-corrected chi connectivity index (χ1v) is 8.68. The van der Waals surface area contributed by atoms with Gasteiger partial charge in [-0.2, -0.15) is 0 Å².